The Bertz CT molecular complexity index is 273. The number of ether oxygens (including phenoxy) is 1. The third kappa shape index (κ3) is 8.85. The molecule has 0 saturated heterocycles. The molecule has 1 amide bonds. The second-order valence-corrected chi connectivity index (χ2v) is 6.53. The maximum Gasteiger partial charge on any atom is 0.408 e. The standard InChI is InChI=1S/C11H21NO4S/c1-7(2)17-6-8(9(13)14)12-10(15)16-11(3,4)5/h7-8H,6H2,1-5H3,(H,12,15)(H,13,14)/t8-/m0/s1. The minimum absolute atomic E-state index is 0.317. The third-order valence-corrected chi connectivity index (χ3v) is 2.78. The van der Waals surface area contributed by atoms with Crippen molar-refractivity contribution in [3.63, 3.8) is 0 Å². The van der Waals surface area contributed by atoms with Gasteiger partial charge in [-0.3, -0.25) is 0 Å². The molecular weight excluding hydrogens is 242 g/mol. The van der Waals surface area contributed by atoms with E-state index in [1.807, 2.05) is 13.8 Å². The summed E-state index contributed by atoms with van der Waals surface area (Å²) in [7, 11) is 0. The van der Waals surface area contributed by atoms with E-state index in [-0.39, 0.29) is 0 Å². The molecule has 5 nitrogen and oxygen atoms in total. The van der Waals surface area contributed by atoms with E-state index in [9.17, 15) is 9.59 Å². The summed E-state index contributed by atoms with van der Waals surface area (Å²) in [5, 5.41) is 11.6. The molecule has 0 unspecified atom stereocenters. The quantitative estimate of drug-likeness (QED) is 0.794. The molecule has 100 valence electrons. The molecule has 0 aromatic carbocycles. The normalized spacial score (nSPS) is 13.3. The average molecular weight is 263 g/mol. The lowest BCUT2D eigenvalue weighted by molar-refractivity contribution is -0.138. The van der Waals surface area contributed by atoms with Crippen molar-refractivity contribution in [2.24, 2.45) is 0 Å². The molecule has 0 aliphatic rings. The van der Waals surface area contributed by atoms with Gasteiger partial charge in [0.25, 0.3) is 0 Å². The smallest absolute Gasteiger partial charge is 0.408 e. The first-order valence-corrected chi connectivity index (χ1v) is 6.50. The van der Waals surface area contributed by atoms with Gasteiger partial charge >= 0.3 is 12.1 Å². The highest BCUT2D eigenvalue weighted by Crippen LogP contribution is 2.12. The lowest BCUT2D eigenvalue weighted by atomic mass is 10.2. The van der Waals surface area contributed by atoms with Gasteiger partial charge in [0.1, 0.15) is 11.6 Å². The Morgan fingerprint density at radius 1 is 1.35 bits per heavy atom. The number of rotatable bonds is 5. The van der Waals surface area contributed by atoms with E-state index in [4.69, 9.17) is 9.84 Å². The van der Waals surface area contributed by atoms with Gasteiger partial charge in [-0.05, 0) is 26.0 Å². The average Bonchev–Trinajstić information content (AvgIpc) is 2.08. The molecule has 0 heterocycles. The highest BCUT2D eigenvalue weighted by Gasteiger charge is 2.24. The zero-order chi connectivity index (χ0) is 13.6. The van der Waals surface area contributed by atoms with Gasteiger partial charge in [0.2, 0.25) is 0 Å². The fourth-order valence-corrected chi connectivity index (χ4v) is 1.72. The van der Waals surface area contributed by atoms with Crippen LogP contribution in [0, 0.1) is 0 Å². The fraction of sp³-hybridized carbons (Fsp3) is 0.818. The molecular formula is C11H21NO4S. The molecule has 0 rings (SSSR count). The van der Waals surface area contributed by atoms with Gasteiger partial charge in [-0.25, -0.2) is 9.59 Å². The Labute approximate surface area is 106 Å². The van der Waals surface area contributed by atoms with Gasteiger partial charge < -0.3 is 15.2 Å². The van der Waals surface area contributed by atoms with Gasteiger partial charge in [-0.15, -0.1) is 0 Å². The van der Waals surface area contributed by atoms with Crippen molar-refractivity contribution in [1.29, 1.82) is 0 Å². The number of alkyl carbamates (subject to hydrolysis) is 1. The molecule has 0 aliphatic carbocycles. The highest BCUT2D eigenvalue weighted by atomic mass is 32.2. The first-order chi connectivity index (χ1) is 7.61. The first kappa shape index (κ1) is 16.1. The van der Waals surface area contributed by atoms with Gasteiger partial charge in [-0.2, -0.15) is 11.8 Å². The molecule has 0 radical (unpaired) electrons. The summed E-state index contributed by atoms with van der Waals surface area (Å²) < 4.78 is 5.00. The molecule has 2 N–H and O–H groups in total. The lowest BCUT2D eigenvalue weighted by Crippen LogP contribution is -2.45. The zero-order valence-corrected chi connectivity index (χ0v) is 11.8. The second-order valence-electron chi connectivity index (χ2n) is 4.92. The van der Waals surface area contributed by atoms with E-state index in [1.54, 1.807) is 20.8 Å². The number of carbonyl (C=O) groups excluding carboxylic acids is 1. The van der Waals surface area contributed by atoms with Crippen molar-refractivity contribution < 1.29 is 19.4 Å². The molecule has 1 atom stereocenters. The second kappa shape index (κ2) is 6.74. The molecule has 6 heteroatoms. The first-order valence-electron chi connectivity index (χ1n) is 5.45. The Hall–Kier alpha value is -0.910. The third-order valence-electron chi connectivity index (χ3n) is 1.59. The fourth-order valence-electron chi connectivity index (χ4n) is 0.913. The number of hydrogen-bond acceptors (Lipinski definition) is 4. The van der Waals surface area contributed by atoms with E-state index in [0.717, 1.165) is 0 Å². The van der Waals surface area contributed by atoms with Gasteiger partial charge in [-0.1, -0.05) is 13.8 Å². The largest absolute Gasteiger partial charge is 0.480 e. The maximum atomic E-state index is 11.4. The van der Waals surface area contributed by atoms with Gasteiger partial charge in [0.15, 0.2) is 0 Å². The predicted octanol–water partition coefficient (Wildman–Crippen LogP) is 2.11. The van der Waals surface area contributed by atoms with E-state index >= 15 is 0 Å². The van der Waals surface area contributed by atoms with Crippen LogP contribution in [0.3, 0.4) is 0 Å². The number of carbonyl (C=O) groups is 2. The topological polar surface area (TPSA) is 75.6 Å². The maximum absolute atomic E-state index is 11.4. The molecule has 17 heavy (non-hydrogen) atoms. The summed E-state index contributed by atoms with van der Waals surface area (Å²) in [5.41, 5.74) is -0.627. The molecule has 0 aliphatic heterocycles. The summed E-state index contributed by atoms with van der Waals surface area (Å²) in [6.45, 7) is 9.12. The number of aliphatic carboxylic acids is 1. The van der Waals surface area contributed by atoms with E-state index < -0.39 is 23.7 Å². The highest BCUT2D eigenvalue weighted by molar-refractivity contribution is 7.99. The summed E-state index contributed by atoms with van der Waals surface area (Å²) >= 11 is 1.48. The molecule has 0 saturated carbocycles. The van der Waals surface area contributed by atoms with Crippen LogP contribution in [0.1, 0.15) is 34.6 Å². The number of carboxylic acid groups (broad SMARTS) is 1. The van der Waals surface area contributed by atoms with Crippen LogP contribution in [0.4, 0.5) is 4.79 Å². The Morgan fingerprint density at radius 2 is 1.88 bits per heavy atom. The molecule has 0 bridgehead atoms. The van der Waals surface area contributed by atoms with E-state index in [2.05, 4.69) is 5.32 Å². The van der Waals surface area contributed by atoms with E-state index in [0.29, 0.717) is 11.0 Å². The van der Waals surface area contributed by atoms with Crippen molar-refractivity contribution >= 4 is 23.8 Å². The van der Waals surface area contributed by atoms with Crippen molar-refractivity contribution in [3.8, 4) is 0 Å². The number of thioether (sulfide) groups is 1. The van der Waals surface area contributed by atoms with Gasteiger partial charge in [0.05, 0.1) is 0 Å². The lowest BCUT2D eigenvalue weighted by Gasteiger charge is -2.22. The van der Waals surface area contributed by atoms with Crippen molar-refractivity contribution in [3.05, 3.63) is 0 Å². The number of amides is 1. The van der Waals surface area contributed by atoms with Crippen LogP contribution in [-0.4, -0.2) is 39.8 Å². The summed E-state index contributed by atoms with van der Waals surface area (Å²) in [5.74, 6) is -0.726. The summed E-state index contributed by atoms with van der Waals surface area (Å²) in [4.78, 5) is 22.3. The minimum atomic E-state index is -1.05. The SMILES string of the molecule is CC(C)SC[C@H](NC(=O)OC(C)(C)C)C(=O)O. The van der Waals surface area contributed by atoms with Crippen molar-refractivity contribution in [1.82, 2.24) is 5.32 Å². The van der Waals surface area contributed by atoms with Crippen molar-refractivity contribution in [2.75, 3.05) is 5.75 Å². The van der Waals surface area contributed by atoms with Crippen LogP contribution in [0.25, 0.3) is 0 Å². The van der Waals surface area contributed by atoms with Crippen LogP contribution < -0.4 is 5.32 Å². The molecule has 0 spiro atoms. The van der Waals surface area contributed by atoms with Crippen LogP contribution in [-0.2, 0) is 9.53 Å². The monoisotopic (exact) mass is 263 g/mol. The van der Waals surface area contributed by atoms with E-state index in [1.165, 1.54) is 11.8 Å². The minimum Gasteiger partial charge on any atom is -0.480 e. The predicted molar refractivity (Wildman–Crippen MR) is 68.4 cm³/mol. The molecule has 0 fully saturated rings. The van der Waals surface area contributed by atoms with Crippen LogP contribution in [0.15, 0.2) is 0 Å². The Balaban J connectivity index is 4.26. The summed E-state index contributed by atoms with van der Waals surface area (Å²) in [6, 6.07) is -0.919. The molecule has 0 aromatic rings. The van der Waals surface area contributed by atoms with Crippen LogP contribution in [0.2, 0.25) is 0 Å². The number of hydrogen-bond donors (Lipinski definition) is 2. The molecule has 0 aromatic heterocycles. The van der Waals surface area contributed by atoms with Crippen LogP contribution in [0.5, 0.6) is 0 Å². The zero-order valence-electron chi connectivity index (χ0n) is 10.9. The Kier molecular flexibility index (Phi) is 6.37. The van der Waals surface area contributed by atoms with Gasteiger partial charge in [0, 0.05) is 5.75 Å². The Morgan fingerprint density at radius 3 is 2.24 bits per heavy atom. The van der Waals surface area contributed by atoms with Crippen LogP contribution >= 0.6 is 11.8 Å². The number of nitrogens with one attached hydrogen (secondary N) is 1. The summed E-state index contributed by atoms with van der Waals surface area (Å²) in [6.07, 6.45) is -0.700. The van der Waals surface area contributed by atoms with Crippen molar-refractivity contribution in [2.45, 2.75) is 51.5 Å². The number of carboxylic acids is 1.